The van der Waals surface area contributed by atoms with E-state index in [-0.39, 0.29) is 0 Å². The molecule has 1 atom stereocenters. The zero-order chi connectivity index (χ0) is 18.2. The van der Waals surface area contributed by atoms with Crippen molar-refractivity contribution >= 4 is 34.7 Å². The van der Waals surface area contributed by atoms with Crippen LogP contribution < -0.4 is 14.3 Å². The molecule has 0 saturated carbocycles. The number of rotatable bonds is 8. The first-order valence-electron chi connectivity index (χ1n) is 9.30. The maximum absolute atomic E-state index is 12.9. The molecule has 0 bridgehead atoms. The fourth-order valence-electron chi connectivity index (χ4n) is 3.00. The molecule has 6 heteroatoms. The van der Waals surface area contributed by atoms with Crippen LogP contribution in [-0.4, -0.2) is 24.2 Å². The van der Waals surface area contributed by atoms with Crippen molar-refractivity contribution in [2.24, 2.45) is 0 Å². The normalized spacial score (nSPS) is 15.7. The Morgan fingerprint density at radius 1 is 1.04 bits per heavy atom. The Morgan fingerprint density at radius 3 is 2.50 bits per heavy atom. The quantitative estimate of drug-likeness (QED) is 0.385. The van der Waals surface area contributed by atoms with E-state index >= 15 is 0 Å². The summed E-state index contributed by atoms with van der Waals surface area (Å²) in [6.45, 7) is 5.23. The molecular weight excluding hydrogens is 362 g/mol. The fraction of sp³-hybridized carbons (Fsp3) is 0.400. The molecule has 1 aliphatic rings. The topological polar surface area (TPSA) is 50.4 Å². The third-order valence-corrected chi connectivity index (χ3v) is 6.39. The summed E-state index contributed by atoms with van der Waals surface area (Å²) >= 11 is 0.355. The van der Waals surface area contributed by atoms with Crippen molar-refractivity contribution in [3.8, 4) is 0 Å². The first-order valence-corrected chi connectivity index (χ1v) is 11.3. The third kappa shape index (κ3) is 5.33. The third-order valence-electron chi connectivity index (χ3n) is 4.37. The molecule has 0 aromatic heterocycles. The molecule has 2 aromatic rings. The summed E-state index contributed by atoms with van der Waals surface area (Å²) in [5, 5.41) is 0. The summed E-state index contributed by atoms with van der Waals surface area (Å²) < 4.78 is 19.4. The Bertz CT molecular complexity index is 675. The number of hydrogen-bond acceptors (Lipinski definition) is 5. The summed E-state index contributed by atoms with van der Waals surface area (Å²) in [6, 6.07) is 16.1. The van der Waals surface area contributed by atoms with Crippen LogP contribution in [0.5, 0.6) is 0 Å². The molecule has 0 aliphatic carbocycles. The number of benzene rings is 2. The predicted octanol–water partition coefficient (Wildman–Crippen LogP) is 4.82. The minimum absolute atomic E-state index is 0.859. The Balaban J connectivity index is 1.65. The molecule has 1 unspecified atom stereocenters. The molecule has 0 spiro atoms. The molecule has 1 heterocycles. The lowest BCUT2D eigenvalue weighted by Gasteiger charge is -2.30. The lowest BCUT2D eigenvalue weighted by atomic mass is 10.1. The monoisotopic (exact) mass is 389 g/mol. The Hall–Kier alpha value is -1.34. The molecular formula is C20H27N3OS2. The maximum Gasteiger partial charge on any atom is 0.203 e. The number of para-hydroxylation sites is 1. The van der Waals surface area contributed by atoms with Crippen molar-refractivity contribution in [2.45, 2.75) is 42.4 Å². The van der Waals surface area contributed by atoms with Gasteiger partial charge in [0.05, 0.1) is 11.4 Å². The smallest absolute Gasteiger partial charge is 0.203 e. The maximum atomic E-state index is 12.9. The molecule has 4 nitrogen and oxygen atoms in total. The lowest BCUT2D eigenvalue weighted by molar-refractivity contribution is 0.571. The number of hydrogen-bond donors (Lipinski definition) is 2. The number of nitrogens with zero attached hydrogens (tertiary/aromatic N) is 1. The van der Waals surface area contributed by atoms with Crippen LogP contribution in [0.1, 0.15) is 32.6 Å². The van der Waals surface area contributed by atoms with Gasteiger partial charge < -0.3 is 9.45 Å². The molecule has 140 valence electrons. The van der Waals surface area contributed by atoms with Crippen LogP contribution in [0.3, 0.4) is 0 Å². The Kier molecular flexibility index (Phi) is 7.55. The van der Waals surface area contributed by atoms with Gasteiger partial charge in [0.2, 0.25) is 4.90 Å². The highest BCUT2D eigenvalue weighted by Gasteiger charge is 2.22. The average molecular weight is 390 g/mol. The highest BCUT2D eigenvalue weighted by atomic mass is 32.2. The van der Waals surface area contributed by atoms with Gasteiger partial charge in [-0.1, -0.05) is 19.1 Å². The summed E-state index contributed by atoms with van der Waals surface area (Å²) in [5.41, 5.74) is 1.96. The van der Waals surface area contributed by atoms with E-state index in [9.17, 15) is 4.55 Å². The highest BCUT2D eigenvalue weighted by molar-refractivity contribution is 7.97. The Labute approximate surface area is 164 Å². The molecule has 1 fully saturated rings. The lowest BCUT2D eigenvalue weighted by Crippen LogP contribution is -2.31. The summed E-state index contributed by atoms with van der Waals surface area (Å²) in [6.07, 6.45) is 4.82. The minimum Gasteiger partial charge on any atom is -0.588 e. The van der Waals surface area contributed by atoms with Crippen LogP contribution in [0.25, 0.3) is 0 Å². The molecule has 2 N–H and O–H groups in total. The number of anilines is 2. The molecule has 26 heavy (non-hydrogen) atoms. The zero-order valence-electron chi connectivity index (χ0n) is 15.2. The van der Waals surface area contributed by atoms with E-state index in [0.717, 1.165) is 47.2 Å². The van der Waals surface area contributed by atoms with Gasteiger partial charge in [0.1, 0.15) is 11.4 Å². The first kappa shape index (κ1) is 19.4. The van der Waals surface area contributed by atoms with Gasteiger partial charge in [-0.2, -0.15) is 0 Å². The zero-order valence-corrected chi connectivity index (χ0v) is 16.9. The van der Waals surface area contributed by atoms with Gasteiger partial charge in [0, 0.05) is 24.5 Å². The molecule has 0 amide bonds. The van der Waals surface area contributed by atoms with E-state index in [1.807, 2.05) is 42.5 Å². The van der Waals surface area contributed by atoms with Crippen molar-refractivity contribution < 1.29 is 4.55 Å². The first-order chi connectivity index (χ1) is 12.8. The number of nitrogens with one attached hydrogen (secondary N) is 2. The summed E-state index contributed by atoms with van der Waals surface area (Å²) in [5.74, 6) is 0. The van der Waals surface area contributed by atoms with Crippen LogP contribution in [0.2, 0.25) is 0 Å². The summed E-state index contributed by atoms with van der Waals surface area (Å²) in [7, 11) is 0. The van der Waals surface area contributed by atoms with E-state index < -0.39 is 11.4 Å². The largest absolute Gasteiger partial charge is 0.588 e. The Morgan fingerprint density at radius 2 is 1.77 bits per heavy atom. The van der Waals surface area contributed by atoms with Crippen molar-refractivity contribution in [1.82, 2.24) is 4.72 Å². The van der Waals surface area contributed by atoms with Crippen LogP contribution in [0.4, 0.5) is 11.4 Å². The van der Waals surface area contributed by atoms with E-state index in [4.69, 9.17) is 0 Å². The molecule has 2 aromatic carbocycles. The van der Waals surface area contributed by atoms with Crippen LogP contribution in [0.15, 0.2) is 58.3 Å². The minimum atomic E-state index is -1.28. The van der Waals surface area contributed by atoms with Gasteiger partial charge in [-0.15, -0.1) is 0 Å². The molecule has 3 rings (SSSR count). The van der Waals surface area contributed by atoms with E-state index in [1.54, 1.807) is 11.9 Å². The fourth-order valence-corrected chi connectivity index (χ4v) is 4.79. The van der Waals surface area contributed by atoms with Gasteiger partial charge in [0.25, 0.3) is 0 Å². The van der Waals surface area contributed by atoms with Crippen molar-refractivity contribution in [3.63, 3.8) is 0 Å². The highest BCUT2D eigenvalue weighted by Crippen LogP contribution is 2.29. The second-order valence-electron chi connectivity index (χ2n) is 6.41. The second kappa shape index (κ2) is 10.1. The molecule has 1 aliphatic heterocycles. The standard InChI is InChI=1S/C20H27N3OS2/c1-2-14-21-25-18-12-10-17(11-13-18)22-26(24)20-9-5-4-8-19(20)23-15-6-3-7-16-23/h4-5,8-13,21-22H,2-3,6-7,14-16H2,1H3. The van der Waals surface area contributed by atoms with Crippen molar-refractivity contribution in [3.05, 3.63) is 48.5 Å². The molecule has 0 radical (unpaired) electrons. The van der Waals surface area contributed by atoms with Crippen LogP contribution in [-0.2, 0) is 11.4 Å². The van der Waals surface area contributed by atoms with Gasteiger partial charge in [-0.3, -0.25) is 4.72 Å². The van der Waals surface area contributed by atoms with Gasteiger partial charge in [-0.25, -0.2) is 4.72 Å². The van der Waals surface area contributed by atoms with E-state index in [2.05, 4.69) is 27.3 Å². The van der Waals surface area contributed by atoms with E-state index in [1.165, 1.54) is 19.3 Å². The van der Waals surface area contributed by atoms with Crippen LogP contribution in [0, 0.1) is 0 Å². The van der Waals surface area contributed by atoms with Gasteiger partial charge in [0.15, 0.2) is 0 Å². The molecule has 1 saturated heterocycles. The SMILES string of the molecule is CCCNSc1ccc(N[S+]([O-])c2ccccc2N2CCCCC2)cc1. The average Bonchev–Trinajstić information content (AvgIpc) is 2.70. The predicted molar refractivity (Wildman–Crippen MR) is 113 cm³/mol. The number of piperidine rings is 1. The van der Waals surface area contributed by atoms with Crippen molar-refractivity contribution in [2.75, 3.05) is 29.3 Å². The van der Waals surface area contributed by atoms with Crippen LogP contribution >= 0.6 is 11.9 Å². The van der Waals surface area contributed by atoms with Gasteiger partial charge >= 0.3 is 0 Å². The van der Waals surface area contributed by atoms with Gasteiger partial charge in [-0.05, 0) is 74.0 Å². The van der Waals surface area contributed by atoms with Crippen molar-refractivity contribution in [1.29, 1.82) is 0 Å². The summed E-state index contributed by atoms with van der Waals surface area (Å²) in [4.78, 5) is 4.37. The second-order valence-corrected chi connectivity index (χ2v) is 8.55. The van der Waals surface area contributed by atoms with E-state index in [0.29, 0.717) is 0 Å².